The maximum absolute atomic E-state index is 13.1. The Labute approximate surface area is 175 Å². The Kier molecular flexibility index (Phi) is 5.30. The van der Waals surface area contributed by atoms with Crippen LogP contribution in [0.5, 0.6) is 0 Å². The van der Waals surface area contributed by atoms with Gasteiger partial charge in [-0.2, -0.15) is 0 Å². The molecule has 0 atom stereocenters. The van der Waals surface area contributed by atoms with Crippen molar-refractivity contribution in [3.63, 3.8) is 0 Å². The van der Waals surface area contributed by atoms with Crippen molar-refractivity contribution in [1.82, 2.24) is 0 Å². The van der Waals surface area contributed by atoms with E-state index < -0.39 is 15.8 Å². The molecule has 3 aromatic rings. The quantitative estimate of drug-likeness (QED) is 0.669. The van der Waals surface area contributed by atoms with Gasteiger partial charge in [0.1, 0.15) is 5.82 Å². The summed E-state index contributed by atoms with van der Waals surface area (Å²) in [6.45, 7) is 2.55. The molecule has 30 heavy (non-hydrogen) atoms. The number of amides is 1. The van der Waals surface area contributed by atoms with E-state index >= 15 is 0 Å². The Bertz CT molecular complexity index is 1190. The van der Waals surface area contributed by atoms with Crippen LogP contribution < -0.4 is 9.62 Å². The van der Waals surface area contributed by atoms with E-state index in [4.69, 9.17) is 0 Å². The van der Waals surface area contributed by atoms with E-state index in [1.807, 2.05) is 19.1 Å². The van der Waals surface area contributed by atoms with Crippen molar-refractivity contribution in [3.8, 4) is 0 Å². The molecule has 0 unspecified atom stereocenters. The molecule has 1 heterocycles. The van der Waals surface area contributed by atoms with Gasteiger partial charge in [-0.25, -0.2) is 12.8 Å². The number of halogens is 1. The minimum atomic E-state index is -3.83. The molecule has 0 radical (unpaired) electrons. The van der Waals surface area contributed by atoms with Crippen LogP contribution in [0.3, 0.4) is 0 Å². The number of fused-ring (bicyclic) bond motifs is 1. The number of rotatable bonds is 4. The van der Waals surface area contributed by atoms with Gasteiger partial charge in [0.25, 0.3) is 15.9 Å². The van der Waals surface area contributed by atoms with Gasteiger partial charge in [-0.05, 0) is 79.9 Å². The number of nitrogens with one attached hydrogen (secondary N) is 1. The van der Waals surface area contributed by atoms with Crippen molar-refractivity contribution in [2.24, 2.45) is 0 Å². The van der Waals surface area contributed by atoms with E-state index in [9.17, 15) is 17.6 Å². The first-order valence-electron chi connectivity index (χ1n) is 9.63. The smallest absolute Gasteiger partial charge is 0.261 e. The number of hydrogen-bond donors (Lipinski definition) is 1. The maximum Gasteiger partial charge on any atom is 0.261 e. The van der Waals surface area contributed by atoms with E-state index in [2.05, 4.69) is 4.72 Å². The van der Waals surface area contributed by atoms with E-state index in [1.165, 1.54) is 30.3 Å². The summed E-state index contributed by atoms with van der Waals surface area (Å²) in [5.74, 6) is -0.541. The van der Waals surface area contributed by atoms with Gasteiger partial charge in [0.05, 0.1) is 4.90 Å². The van der Waals surface area contributed by atoms with Crippen molar-refractivity contribution >= 4 is 27.3 Å². The highest BCUT2D eigenvalue weighted by atomic mass is 32.2. The summed E-state index contributed by atoms with van der Waals surface area (Å²) in [6.07, 6.45) is 1.44. The number of sulfonamides is 1. The predicted molar refractivity (Wildman–Crippen MR) is 115 cm³/mol. The Hall–Kier alpha value is -3.19. The molecule has 154 valence electrons. The van der Waals surface area contributed by atoms with Crippen molar-refractivity contribution in [3.05, 3.63) is 89.2 Å². The molecule has 4 rings (SSSR count). The van der Waals surface area contributed by atoms with Crippen LogP contribution in [-0.2, 0) is 16.4 Å². The first-order chi connectivity index (χ1) is 14.3. The zero-order valence-corrected chi connectivity index (χ0v) is 17.2. The first-order valence-corrected chi connectivity index (χ1v) is 11.1. The summed E-state index contributed by atoms with van der Waals surface area (Å²) in [5.41, 5.74) is 3.50. The molecule has 1 N–H and O–H groups in total. The molecule has 0 aliphatic carbocycles. The second-order valence-electron chi connectivity index (χ2n) is 7.33. The van der Waals surface area contributed by atoms with E-state index in [-0.39, 0.29) is 16.5 Å². The van der Waals surface area contributed by atoms with E-state index in [0.717, 1.165) is 23.2 Å². The molecule has 7 heteroatoms. The number of nitrogens with zero attached hydrogens (tertiary/aromatic N) is 1. The third-order valence-electron chi connectivity index (χ3n) is 5.12. The lowest BCUT2D eigenvalue weighted by atomic mass is 10.0. The van der Waals surface area contributed by atoms with Crippen LogP contribution in [-0.4, -0.2) is 20.9 Å². The average Bonchev–Trinajstić information content (AvgIpc) is 2.74. The Morgan fingerprint density at radius 2 is 1.70 bits per heavy atom. The van der Waals surface area contributed by atoms with Gasteiger partial charge in [-0.15, -0.1) is 0 Å². The van der Waals surface area contributed by atoms with Crippen LogP contribution in [0, 0.1) is 12.7 Å². The van der Waals surface area contributed by atoms with E-state index in [0.29, 0.717) is 18.5 Å². The molecular formula is C23H21FN2O3S. The third kappa shape index (κ3) is 4.07. The summed E-state index contributed by atoms with van der Waals surface area (Å²) < 4.78 is 41.0. The zero-order chi connectivity index (χ0) is 21.3. The van der Waals surface area contributed by atoms with Gasteiger partial charge in [-0.3, -0.25) is 9.52 Å². The fraction of sp³-hybridized carbons (Fsp3) is 0.174. The lowest BCUT2D eigenvalue weighted by Crippen LogP contribution is -2.35. The summed E-state index contributed by atoms with van der Waals surface area (Å²) in [6, 6.07) is 17.3. The summed E-state index contributed by atoms with van der Waals surface area (Å²) in [7, 11) is -3.83. The van der Waals surface area contributed by atoms with Crippen LogP contribution in [0.15, 0.2) is 71.6 Å². The molecule has 0 bridgehead atoms. The Morgan fingerprint density at radius 3 is 2.40 bits per heavy atom. The Morgan fingerprint density at radius 1 is 1.00 bits per heavy atom. The number of hydrogen-bond acceptors (Lipinski definition) is 3. The highest BCUT2D eigenvalue weighted by Crippen LogP contribution is 2.31. The highest BCUT2D eigenvalue weighted by Gasteiger charge is 2.25. The Balaban J connectivity index is 1.62. The van der Waals surface area contributed by atoms with Gasteiger partial charge >= 0.3 is 0 Å². The lowest BCUT2D eigenvalue weighted by Gasteiger charge is -2.30. The normalized spacial score (nSPS) is 13.6. The first kappa shape index (κ1) is 20.1. The third-order valence-corrected chi connectivity index (χ3v) is 6.50. The van der Waals surface area contributed by atoms with Crippen molar-refractivity contribution in [2.75, 3.05) is 16.2 Å². The molecular weight excluding hydrogens is 403 g/mol. The van der Waals surface area contributed by atoms with Crippen LogP contribution in [0.25, 0.3) is 0 Å². The zero-order valence-electron chi connectivity index (χ0n) is 16.4. The molecule has 1 aliphatic heterocycles. The predicted octanol–water partition coefficient (Wildman–Crippen LogP) is 4.53. The number of carbonyl (C=O) groups excluding carboxylic acids is 1. The topological polar surface area (TPSA) is 66.5 Å². The minimum absolute atomic E-state index is 0.101. The standard InChI is InChI=1S/C23H21FN2O3S/c1-16-4-6-17(7-5-16)23(27)26-14-2-3-18-15-21(12-13-22(18)26)30(28,29)25-20-10-8-19(24)9-11-20/h4-13,15,25H,2-3,14H2,1H3. The largest absolute Gasteiger partial charge is 0.308 e. The second kappa shape index (κ2) is 7.91. The fourth-order valence-corrected chi connectivity index (χ4v) is 4.64. The fourth-order valence-electron chi connectivity index (χ4n) is 3.54. The molecule has 1 aliphatic rings. The van der Waals surface area contributed by atoms with E-state index in [1.54, 1.807) is 29.2 Å². The highest BCUT2D eigenvalue weighted by molar-refractivity contribution is 7.92. The number of aryl methyl sites for hydroxylation is 2. The van der Waals surface area contributed by atoms with Crippen molar-refractivity contribution < 1.29 is 17.6 Å². The van der Waals surface area contributed by atoms with Gasteiger partial charge < -0.3 is 4.90 Å². The van der Waals surface area contributed by atoms with Crippen LogP contribution in [0.4, 0.5) is 15.8 Å². The molecule has 0 saturated carbocycles. The molecule has 0 saturated heterocycles. The van der Waals surface area contributed by atoms with Crippen molar-refractivity contribution in [2.45, 2.75) is 24.7 Å². The van der Waals surface area contributed by atoms with Gasteiger partial charge in [0.2, 0.25) is 0 Å². The van der Waals surface area contributed by atoms with Gasteiger partial charge in [0, 0.05) is 23.5 Å². The van der Waals surface area contributed by atoms with Crippen LogP contribution in [0.2, 0.25) is 0 Å². The average molecular weight is 424 g/mol. The maximum atomic E-state index is 13.1. The monoisotopic (exact) mass is 424 g/mol. The number of anilines is 2. The summed E-state index contributed by atoms with van der Waals surface area (Å²) in [5, 5.41) is 0. The van der Waals surface area contributed by atoms with Gasteiger partial charge in [0.15, 0.2) is 0 Å². The molecule has 0 spiro atoms. The molecule has 1 amide bonds. The lowest BCUT2D eigenvalue weighted by molar-refractivity contribution is 0.0985. The number of carbonyl (C=O) groups is 1. The molecule has 0 aromatic heterocycles. The van der Waals surface area contributed by atoms with Crippen LogP contribution in [0.1, 0.15) is 27.9 Å². The van der Waals surface area contributed by atoms with Crippen molar-refractivity contribution in [1.29, 1.82) is 0 Å². The second-order valence-corrected chi connectivity index (χ2v) is 9.01. The SMILES string of the molecule is Cc1ccc(C(=O)N2CCCc3cc(S(=O)(=O)Nc4ccc(F)cc4)ccc32)cc1. The summed E-state index contributed by atoms with van der Waals surface area (Å²) in [4.78, 5) is 14.8. The number of benzene rings is 3. The molecule has 0 fully saturated rings. The van der Waals surface area contributed by atoms with Crippen LogP contribution >= 0.6 is 0 Å². The molecule has 3 aromatic carbocycles. The minimum Gasteiger partial charge on any atom is -0.308 e. The molecule has 5 nitrogen and oxygen atoms in total. The van der Waals surface area contributed by atoms with Gasteiger partial charge in [-0.1, -0.05) is 17.7 Å². The summed E-state index contributed by atoms with van der Waals surface area (Å²) >= 11 is 0.